The summed E-state index contributed by atoms with van der Waals surface area (Å²) in [5.74, 6) is 0.926. The Labute approximate surface area is 159 Å². The van der Waals surface area contributed by atoms with E-state index in [9.17, 15) is 0 Å². The van der Waals surface area contributed by atoms with E-state index in [2.05, 4.69) is 31.2 Å². The Hall–Kier alpha value is -2.99. The molecule has 0 atom stereocenters. The minimum absolute atomic E-state index is 0.0354. The second-order valence-electron chi connectivity index (χ2n) is 6.85. The van der Waals surface area contributed by atoms with E-state index in [4.69, 9.17) is 5.73 Å². The monoisotopic (exact) mass is 360 g/mol. The van der Waals surface area contributed by atoms with Gasteiger partial charge in [-0.15, -0.1) is 0 Å². The molecule has 0 amide bonds. The van der Waals surface area contributed by atoms with Crippen LogP contribution in [0.25, 0.3) is 11.3 Å². The molecule has 4 rings (SSSR count). The van der Waals surface area contributed by atoms with Crippen LogP contribution in [-0.2, 0) is 6.54 Å². The van der Waals surface area contributed by atoms with Crippen molar-refractivity contribution in [1.29, 1.82) is 0 Å². The van der Waals surface area contributed by atoms with Crippen molar-refractivity contribution in [3.8, 4) is 11.3 Å². The van der Waals surface area contributed by atoms with Crippen molar-refractivity contribution in [2.24, 2.45) is 0 Å². The first-order chi connectivity index (χ1) is 13.3. The summed E-state index contributed by atoms with van der Waals surface area (Å²) in [5.41, 5.74) is 8.94. The topological polar surface area (TPSA) is 80.0 Å². The smallest absolute Gasteiger partial charge is 0.225 e. The third kappa shape index (κ3) is 4.41. The zero-order valence-corrected chi connectivity index (χ0v) is 15.3. The van der Waals surface area contributed by atoms with Crippen LogP contribution in [0.15, 0.2) is 61.0 Å². The Bertz CT molecular complexity index is 847. The highest BCUT2D eigenvalue weighted by Crippen LogP contribution is 2.23. The molecule has 3 N–H and O–H groups in total. The van der Waals surface area contributed by atoms with Crippen LogP contribution in [0.3, 0.4) is 0 Å². The Balaban J connectivity index is 1.45. The number of nitrogen functional groups attached to an aromatic ring is 1. The molecular formula is C21H24N6. The number of rotatable bonds is 5. The molecule has 1 fully saturated rings. The SMILES string of the molecule is Nc1nc(NC2C=CC=CC=C2)ncc1-c1ccc(CN2CCCC2)cn1. The van der Waals surface area contributed by atoms with E-state index in [1.807, 2.05) is 48.7 Å². The lowest BCUT2D eigenvalue weighted by Crippen LogP contribution is -2.18. The molecule has 0 bridgehead atoms. The van der Waals surface area contributed by atoms with Crippen molar-refractivity contribution in [2.75, 3.05) is 24.1 Å². The van der Waals surface area contributed by atoms with Gasteiger partial charge in [0.25, 0.3) is 0 Å². The summed E-state index contributed by atoms with van der Waals surface area (Å²) in [5, 5.41) is 3.25. The molecule has 0 unspecified atom stereocenters. The highest BCUT2D eigenvalue weighted by Gasteiger charge is 2.13. The van der Waals surface area contributed by atoms with Gasteiger partial charge >= 0.3 is 0 Å². The summed E-state index contributed by atoms with van der Waals surface area (Å²) in [6.07, 6.45) is 18.3. The number of aromatic nitrogens is 3. The van der Waals surface area contributed by atoms with Crippen LogP contribution in [0.4, 0.5) is 11.8 Å². The molecule has 0 radical (unpaired) electrons. The van der Waals surface area contributed by atoms with Gasteiger partial charge in [-0.2, -0.15) is 4.98 Å². The predicted octanol–water partition coefficient (Wildman–Crippen LogP) is 3.18. The predicted molar refractivity (Wildman–Crippen MR) is 109 cm³/mol. The van der Waals surface area contributed by atoms with Crippen molar-refractivity contribution in [1.82, 2.24) is 19.9 Å². The zero-order chi connectivity index (χ0) is 18.5. The van der Waals surface area contributed by atoms with Gasteiger partial charge in [-0.25, -0.2) is 4.98 Å². The molecule has 2 aromatic heterocycles. The van der Waals surface area contributed by atoms with Crippen LogP contribution >= 0.6 is 0 Å². The van der Waals surface area contributed by atoms with Crippen LogP contribution in [0.5, 0.6) is 0 Å². The molecule has 0 spiro atoms. The van der Waals surface area contributed by atoms with Crippen molar-refractivity contribution >= 4 is 11.8 Å². The Morgan fingerprint density at radius 1 is 1.00 bits per heavy atom. The molecule has 6 heteroatoms. The van der Waals surface area contributed by atoms with Gasteiger partial charge in [0, 0.05) is 18.9 Å². The van der Waals surface area contributed by atoms with Gasteiger partial charge in [0.1, 0.15) is 5.82 Å². The molecule has 2 aromatic rings. The minimum atomic E-state index is 0.0354. The molecule has 27 heavy (non-hydrogen) atoms. The standard InChI is InChI=1S/C21H24N6/c22-20-18(14-24-21(26-20)25-17-7-3-1-2-4-8-17)19-10-9-16(13-23-19)15-27-11-5-6-12-27/h1-4,7-10,13-14,17H,5-6,11-12,15H2,(H3,22,24,25,26). The maximum absolute atomic E-state index is 6.17. The summed E-state index contributed by atoms with van der Waals surface area (Å²) in [4.78, 5) is 15.8. The van der Waals surface area contributed by atoms with Gasteiger partial charge in [-0.3, -0.25) is 9.88 Å². The van der Waals surface area contributed by atoms with Gasteiger partial charge in [-0.1, -0.05) is 42.5 Å². The minimum Gasteiger partial charge on any atom is -0.383 e. The van der Waals surface area contributed by atoms with E-state index in [0.29, 0.717) is 11.8 Å². The fraction of sp³-hybridized carbons (Fsp3) is 0.286. The number of allylic oxidation sites excluding steroid dienone is 4. The Kier molecular flexibility index (Phi) is 5.25. The van der Waals surface area contributed by atoms with Crippen molar-refractivity contribution in [2.45, 2.75) is 25.4 Å². The van der Waals surface area contributed by atoms with Gasteiger partial charge in [-0.05, 0) is 37.6 Å². The number of hydrogen-bond donors (Lipinski definition) is 2. The van der Waals surface area contributed by atoms with E-state index < -0.39 is 0 Å². The fourth-order valence-corrected chi connectivity index (χ4v) is 3.34. The second kappa shape index (κ2) is 8.14. The molecule has 0 aromatic carbocycles. The average molecular weight is 360 g/mol. The fourth-order valence-electron chi connectivity index (χ4n) is 3.34. The largest absolute Gasteiger partial charge is 0.383 e. The van der Waals surface area contributed by atoms with Gasteiger partial charge < -0.3 is 11.1 Å². The van der Waals surface area contributed by atoms with Crippen LogP contribution in [0.2, 0.25) is 0 Å². The maximum atomic E-state index is 6.17. The van der Waals surface area contributed by atoms with Crippen molar-refractivity contribution in [3.05, 3.63) is 66.5 Å². The van der Waals surface area contributed by atoms with E-state index in [-0.39, 0.29) is 6.04 Å². The molecular weight excluding hydrogens is 336 g/mol. The lowest BCUT2D eigenvalue weighted by atomic mass is 10.1. The Morgan fingerprint density at radius 3 is 2.44 bits per heavy atom. The second-order valence-corrected chi connectivity index (χ2v) is 6.85. The first kappa shape index (κ1) is 17.4. The first-order valence-electron chi connectivity index (χ1n) is 9.36. The highest BCUT2D eigenvalue weighted by atomic mass is 15.1. The number of likely N-dealkylation sites (tertiary alicyclic amines) is 1. The maximum Gasteiger partial charge on any atom is 0.225 e. The number of anilines is 2. The number of nitrogens with two attached hydrogens (primary N) is 1. The van der Waals surface area contributed by atoms with E-state index in [1.54, 1.807) is 6.20 Å². The molecule has 0 saturated carbocycles. The molecule has 1 aliphatic heterocycles. The number of nitrogens with zero attached hydrogens (tertiary/aromatic N) is 4. The Morgan fingerprint density at radius 2 is 1.78 bits per heavy atom. The quantitative estimate of drug-likeness (QED) is 0.852. The number of hydrogen-bond acceptors (Lipinski definition) is 6. The molecule has 2 aliphatic rings. The normalized spacial score (nSPS) is 17.3. The molecule has 1 saturated heterocycles. The molecule has 6 nitrogen and oxygen atoms in total. The zero-order valence-electron chi connectivity index (χ0n) is 15.3. The summed E-state index contributed by atoms with van der Waals surface area (Å²) >= 11 is 0. The molecule has 138 valence electrons. The first-order valence-corrected chi connectivity index (χ1v) is 9.36. The number of nitrogens with one attached hydrogen (secondary N) is 1. The summed E-state index contributed by atoms with van der Waals surface area (Å²) in [6.45, 7) is 3.32. The van der Waals surface area contributed by atoms with Crippen LogP contribution in [0, 0.1) is 0 Å². The van der Waals surface area contributed by atoms with Gasteiger partial charge in [0.05, 0.1) is 17.3 Å². The summed E-state index contributed by atoms with van der Waals surface area (Å²) in [6, 6.07) is 4.14. The number of pyridine rings is 1. The lowest BCUT2D eigenvalue weighted by molar-refractivity contribution is 0.331. The lowest BCUT2D eigenvalue weighted by Gasteiger charge is -2.14. The summed E-state index contributed by atoms with van der Waals surface area (Å²) in [7, 11) is 0. The van der Waals surface area contributed by atoms with Crippen molar-refractivity contribution in [3.63, 3.8) is 0 Å². The van der Waals surface area contributed by atoms with Gasteiger partial charge in [0.2, 0.25) is 5.95 Å². The average Bonchev–Trinajstić information content (AvgIpc) is 3.05. The summed E-state index contributed by atoms with van der Waals surface area (Å²) < 4.78 is 0. The van der Waals surface area contributed by atoms with Gasteiger partial charge in [0.15, 0.2) is 0 Å². The third-order valence-electron chi connectivity index (χ3n) is 4.79. The van der Waals surface area contributed by atoms with E-state index in [1.165, 1.54) is 31.5 Å². The van der Waals surface area contributed by atoms with E-state index in [0.717, 1.165) is 17.8 Å². The van der Waals surface area contributed by atoms with Crippen LogP contribution in [-0.4, -0.2) is 39.0 Å². The highest BCUT2D eigenvalue weighted by molar-refractivity contribution is 5.70. The van der Waals surface area contributed by atoms with Crippen LogP contribution < -0.4 is 11.1 Å². The molecule has 3 heterocycles. The molecule has 1 aliphatic carbocycles. The third-order valence-corrected chi connectivity index (χ3v) is 4.79. The van der Waals surface area contributed by atoms with Crippen molar-refractivity contribution < 1.29 is 0 Å². The van der Waals surface area contributed by atoms with E-state index >= 15 is 0 Å². The van der Waals surface area contributed by atoms with Crippen LogP contribution in [0.1, 0.15) is 18.4 Å².